The van der Waals surface area contributed by atoms with E-state index in [1.54, 1.807) is 0 Å². The molecule has 1 rings (SSSR count). The highest BCUT2D eigenvalue weighted by atomic mass is 16.6. The van der Waals surface area contributed by atoms with E-state index in [4.69, 9.17) is 5.11 Å². The lowest BCUT2D eigenvalue weighted by Gasteiger charge is -1.94. The molecule has 0 aliphatic heterocycles. The molecule has 62 valence electrons. The van der Waals surface area contributed by atoms with Gasteiger partial charge in [-0.1, -0.05) is 0 Å². The van der Waals surface area contributed by atoms with Gasteiger partial charge in [0.1, 0.15) is 5.56 Å². The monoisotopic (exact) mass is 168 g/mol. The van der Waals surface area contributed by atoms with E-state index in [2.05, 4.69) is 4.98 Å². The van der Waals surface area contributed by atoms with Crippen LogP contribution in [0, 0.1) is 10.1 Å². The number of aromatic hydroxyl groups is 1. The number of nitro groups is 1. The molecule has 0 aliphatic carbocycles. The number of carbonyl (C=O) groups excluding carboxylic acids is 1. The Labute approximate surface area is 66.6 Å². The average molecular weight is 168 g/mol. The molecule has 0 saturated heterocycles. The number of aromatic nitrogens is 1. The van der Waals surface area contributed by atoms with Crippen molar-refractivity contribution in [2.75, 3.05) is 0 Å². The maximum Gasteiger partial charge on any atom is 0.374 e. The molecule has 6 nitrogen and oxygen atoms in total. The largest absolute Gasteiger partial charge is 0.504 e. The summed E-state index contributed by atoms with van der Waals surface area (Å²) in [5.74, 6) is -0.828. The maximum absolute atomic E-state index is 10.2. The minimum Gasteiger partial charge on any atom is -0.504 e. The van der Waals surface area contributed by atoms with Crippen LogP contribution in [0.3, 0.4) is 0 Å². The number of aldehydes is 1. The van der Waals surface area contributed by atoms with E-state index < -0.39 is 10.7 Å². The van der Waals surface area contributed by atoms with E-state index in [0.29, 0.717) is 0 Å². The third kappa shape index (κ3) is 1.36. The zero-order valence-corrected chi connectivity index (χ0v) is 5.80. The second-order valence-electron chi connectivity index (χ2n) is 1.98. The van der Waals surface area contributed by atoms with Crippen LogP contribution in [0.25, 0.3) is 0 Å². The molecule has 1 aromatic rings. The van der Waals surface area contributed by atoms with Crippen LogP contribution in [0.15, 0.2) is 12.3 Å². The summed E-state index contributed by atoms with van der Waals surface area (Å²) < 4.78 is 0. The lowest BCUT2D eigenvalue weighted by molar-refractivity contribution is -0.389. The van der Waals surface area contributed by atoms with E-state index in [9.17, 15) is 14.9 Å². The smallest absolute Gasteiger partial charge is 0.374 e. The Kier molecular flexibility index (Phi) is 2.00. The van der Waals surface area contributed by atoms with Gasteiger partial charge in [0, 0.05) is 6.07 Å². The van der Waals surface area contributed by atoms with Crippen molar-refractivity contribution in [3.05, 3.63) is 27.9 Å². The minimum absolute atomic E-state index is 0.236. The summed E-state index contributed by atoms with van der Waals surface area (Å²) in [5, 5.41) is 19.0. The Bertz CT molecular complexity index is 336. The van der Waals surface area contributed by atoms with Crippen molar-refractivity contribution in [3.63, 3.8) is 0 Å². The molecule has 0 aliphatic rings. The third-order valence-corrected chi connectivity index (χ3v) is 1.18. The molecule has 1 N–H and O–H groups in total. The van der Waals surface area contributed by atoms with Crippen molar-refractivity contribution in [1.82, 2.24) is 4.98 Å². The predicted molar refractivity (Wildman–Crippen MR) is 37.9 cm³/mol. The molecule has 0 radical (unpaired) electrons. The Morgan fingerprint density at radius 3 is 2.83 bits per heavy atom. The van der Waals surface area contributed by atoms with Crippen molar-refractivity contribution in [3.8, 4) is 5.75 Å². The van der Waals surface area contributed by atoms with Crippen molar-refractivity contribution >= 4 is 12.1 Å². The molecule has 0 aromatic carbocycles. The normalized spacial score (nSPS) is 9.33. The van der Waals surface area contributed by atoms with E-state index in [1.807, 2.05) is 0 Å². The van der Waals surface area contributed by atoms with E-state index >= 15 is 0 Å². The average Bonchev–Trinajstić information content (AvgIpc) is 2.03. The van der Waals surface area contributed by atoms with E-state index in [-0.39, 0.29) is 17.6 Å². The zero-order chi connectivity index (χ0) is 9.14. The summed E-state index contributed by atoms with van der Waals surface area (Å²) >= 11 is 0. The summed E-state index contributed by atoms with van der Waals surface area (Å²) in [5.41, 5.74) is -0.236. The topological polar surface area (TPSA) is 93.3 Å². The molecular formula is C6H4N2O4. The van der Waals surface area contributed by atoms with Crippen LogP contribution in [0.5, 0.6) is 5.75 Å². The molecule has 0 saturated carbocycles. The Balaban J connectivity index is 3.29. The van der Waals surface area contributed by atoms with E-state index in [0.717, 1.165) is 12.3 Å². The van der Waals surface area contributed by atoms with Crippen molar-refractivity contribution in [2.24, 2.45) is 0 Å². The summed E-state index contributed by atoms with van der Waals surface area (Å²) in [6.07, 6.45) is 1.18. The van der Waals surface area contributed by atoms with Gasteiger partial charge in [-0.15, -0.1) is 0 Å². The fourth-order valence-electron chi connectivity index (χ4n) is 0.702. The van der Waals surface area contributed by atoms with E-state index in [1.165, 1.54) is 0 Å². The molecule has 0 amide bonds. The van der Waals surface area contributed by atoms with Gasteiger partial charge in [-0.2, -0.15) is 0 Å². The molecule has 12 heavy (non-hydrogen) atoms. The maximum atomic E-state index is 10.2. The molecule has 0 unspecified atom stereocenters. The van der Waals surface area contributed by atoms with Crippen LogP contribution >= 0.6 is 0 Å². The van der Waals surface area contributed by atoms with Gasteiger partial charge in [-0.3, -0.25) is 4.79 Å². The van der Waals surface area contributed by atoms with Gasteiger partial charge in [0.25, 0.3) is 0 Å². The Morgan fingerprint density at radius 1 is 1.67 bits per heavy atom. The summed E-state index contributed by atoms with van der Waals surface area (Å²) in [7, 11) is 0. The first kappa shape index (κ1) is 8.12. The standard InChI is InChI=1S/C6H4N2O4/c9-3-4-1-5(10)2-7-6(4)8(11)12/h1-3,10H. The molecule has 1 heterocycles. The number of nitrogens with zero attached hydrogens (tertiary/aromatic N) is 2. The fourth-order valence-corrected chi connectivity index (χ4v) is 0.702. The highest BCUT2D eigenvalue weighted by Gasteiger charge is 2.14. The van der Waals surface area contributed by atoms with Gasteiger partial charge in [-0.25, -0.2) is 0 Å². The minimum atomic E-state index is -0.789. The summed E-state index contributed by atoms with van der Waals surface area (Å²) in [6, 6.07) is 0.984. The van der Waals surface area contributed by atoms with Gasteiger partial charge >= 0.3 is 5.82 Å². The van der Waals surface area contributed by atoms with Crippen LogP contribution in [0.4, 0.5) is 5.82 Å². The molecule has 0 bridgehead atoms. The summed E-state index contributed by atoms with van der Waals surface area (Å²) in [4.78, 5) is 22.9. The molecule has 6 heteroatoms. The first-order valence-electron chi connectivity index (χ1n) is 2.93. The van der Waals surface area contributed by atoms with Crippen molar-refractivity contribution in [1.29, 1.82) is 0 Å². The molecule has 1 aromatic heterocycles. The van der Waals surface area contributed by atoms with Crippen LogP contribution in [-0.2, 0) is 0 Å². The molecule has 0 fully saturated rings. The fraction of sp³-hybridized carbons (Fsp3) is 0. The second kappa shape index (κ2) is 2.95. The van der Waals surface area contributed by atoms with Crippen molar-refractivity contribution < 1.29 is 14.8 Å². The number of hydrogen-bond donors (Lipinski definition) is 1. The highest BCUT2D eigenvalue weighted by Crippen LogP contribution is 2.17. The van der Waals surface area contributed by atoms with Crippen LogP contribution in [0.2, 0.25) is 0 Å². The SMILES string of the molecule is O=Cc1cc(O)cnc1[N+](=O)[O-]. The van der Waals surface area contributed by atoms with Crippen LogP contribution < -0.4 is 0 Å². The molecule has 0 spiro atoms. The quantitative estimate of drug-likeness (QED) is 0.394. The van der Waals surface area contributed by atoms with Gasteiger partial charge in [0.2, 0.25) is 0 Å². The molecule has 0 atom stereocenters. The predicted octanol–water partition coefficient (Wildman–Crippen LogP) is 0.508. The van der Waals surface area contributed by atoms with Gasteiger partial charge in [0.15, 0.2) is 18.2 Å². The number of carbonyl (C=O) groups is 1. The van der Waals surface area contributed by atoms with Crippen LogP contribution in [-0.4, -0.2) is 21.3 Å². The number of rotatable bonds is 2. The van der Waals surface area contributed by atoms with Crippen LogP contribution in [0.1, 0.15) is 10.4 Å². The Hall–Kier alpha value is -1.98. The molecular weight excluding hydrogens is 164 g/mol. The zero-order valence-electron chi connectivity index (χ0n) is 5.80. The van der Waals surface area contributed by atoms with Gasteiger partial charge < -0.3 is 15.2 Å². The summed E-state index contributed by atoms with van der Waals surface area (Å²) in [6.45, 7) is 0. The third-order valence-electron chi connectivity index (χ3n) is 1.18. The Morgan fingerprint density at radius 2 is 2.33 bits per heavy atom. The highest BCUT2D eigenvalue weighted by molar-refractivity contribution is 5.80. The van der Waals surface area contributed by atoms with Crippen molar-refractivity contribution in [2.45, 2.75) is 0 Å². The lowest BCUT2D eigenvalue weighted by atomic mass is 10.3. The second-order valence-corrected chi connectivity index (χ2v) is 1.98. The number of hydrogen-bond acceptors (Lipinski definition) is 5. The van der Waals surface area contributed by atoms with Gasteiger partial charge in [0.05, 0.1) is 0 Å². The van der Waals surface area contributed by atoms with Gasteiger partial charge in [-0.05, 0) is 9.91 Å². The first-order valence-corrected chi connectivity index (χ1v) is 2.93. The number of pyridine rings is 1. The first-order chi connectivity index (χ1) is 5.65. The lowest BCUT2D eigenvalue weighted by Crippen LogP contribution is -1.96.